The Morgan fingerprint density at radius 2 is 2.35 bits per heavy atom. The van der Waals surface area contributed by atoms with E-state index in [1.54, 1.807) is 6.92 Å². The summed E-state index contributed by atoms with van der Waals surface area (Å²) in [4.78, 5) is 21.1. The minimum absolute atomic E-state index is 0.150. The molecule has 6 heteroatoms. The lowest BCUT2D eigenvalue weighted by Crippen LogP contribution is -2.25. The number of hydrogen-bond acceptors (Lipinski definition) is 5. The summed E-state index contributed by atoms with van der Waals surface area (Å²) in [6.07, 6.45) is 4.88. The number of unbranched alkanes of at least 4 members (excludes halogenated alkanes) is 1. The zero-order valence-electron chi connectivity index (χ0n) is 11.8. The summed E-state index contributed by atoms with van der Waals surface area (Å²) in [6.45, 7) is 4.23. The van der Waals surface area contributed by atoms with E-state index >= 15 is 0 Å². The molecule has 0 spiro atoms. The standard InChI is InChI=1S/C14H19ClN2O3/c1-3-5-6-9-7-10(13(15)16-9)11-8-12(20-17-11)14(18)19-4-2/h7,10,12H,3-6,8H2,1-2H3. The summed E-state index contributed by atoms with van der Waals surface area (Å²) >= 11 is 6.17. The first kappa shape index (κ1) is 15.0. The van der Waals surface area contributed by atoms with Gasteiger partial charge in [-0.3, -0.25) is 0 Å². The number of hydrogen-bond donors (Lipinski definition) is 0. The van der Waals surface area contributed by atoms with E-state index in [-0.39, 0.29) is 11.9 Å². The predicted molar refractivity (Wildman–Crippen MR) is 77.9 cm³/mol. The highest BCUT2D eigenvalue weighted by atomic mass is 35.5. The SMILES string of the molecule is CCCCC1=CC(C2=NOC(C(=O)OCC)C2)C(Cl)=N1. The van der Waals surface area contributed by atoms with E-state index < -0.39 is 6.10 Å². The molecule has 0 saturated carbocycles. The van der Waals surface area contributed by atoms with Crippen LogP contribution in [0.1, 0.15) is 39.5 Å². The van der Waals surface area contributed by atoms with Crippen molar-refractivity contribution >= 4 is 28.5 Å². The van der Waals surface area contributed by atoms with Gasteiger partial charge < -0.3 is 9.57 Å². The third-order valence-corrected chi connectivity index (χ3v) is 3.57. The van der Waals surface area contributed by atoms with E-state index in [4.69, 9.17) is 21.2 Å². The van der Waals surface area contributed by atoms with Crippen molar-refractivity contribution in [1.29, 1.82) is 0 Å². The number of nitrogens with zero attached hydrogens (tertiary/aromatic N) is 2. The molecule has 5 nitrogen and oxygen atoms in total. The Hall–Kier alpha value is -1.36. The number of aliphatic imine (C=N–C) groups is 1. The van der Waals surface area contributed by atoms with Crippen LogP contribution >= 0.6 is 11.6 Å². The smallest absolute Gasteiger partial charge is 0.350 e. The van der Waals surface area contributed by atoms with Crippen LogP contribution in [0.4, 0.5) is 0 Å². The molecule has 0 bridgehead atoms. The predicted octanol–water partition coefficient (Wildman–Crippen LogP) is 3.04. The Morgan fingerprint density at radius 3 is 3.05 bits per heavy atom. The molecule has 0 fully saturated rings. The fourth-order valence-electron chi connectivity index (χ4n) is 2.18. The Kier molecular flexibility index (Phi) is 5.17. The van der Waals surface area contributed by atoms with E-state index in [0.29, 0.717) is 18.2 Å². The molecular formula is C14H19ClN2O3. The van der Waals surface area contributed by atoms with Crippen LogP contribution in [0.3, 0.4) is 0 Å². The summed E-state index contributed by atoms with van der Waals surface area (Å²) in [5.74, 6) is -0.532. The number of esters is 1. The van der Waals surface area contributed by atoms with Crippen molar-refractivity contribution in [3.05, 3.63) is 11.8 Å². The number of ether oxygens (including phenoxy) is 1. The lowest BCUT2D eigenvalue weighted by molar-refractivity contribution is -0.154. The van der Waals surface area contributed by atoms with Gasteiger partial charge in [-0.1, -0.05) is 30.1 Å². The molecule has 20 heavy (non-hydrogen) atoms. The van der Waals surface area contributed by atoms with Crippen molar-refractivity contribution in [2.24, 2.45) is 16.1 Å². The minimum atomic E-state index is -0.650. The van der Waals surface area contributed by atoms with Crippen LogP contribution in [0.5, 0.6) is 0 Å². The Morgan fingerprint density at radius 1 is 1.55 bits per heavy atom. The number of carbonyl (C=O) groups excluding carboxylic acids is 1. The fourth-order valence-corrected chi connectivity index (χ4v) is 2.47. The van der Waals surface area contributed by atoms with Gasteiger partial charge in [-0.2, -0.15) is 0 Å². The van der Waals surface area contributed by atoms with Crippen LogP contribution in [0.15, 0.2) is 21.9 Å². The quantitative estimate of drug-likeness (QED) is 0.708. The van der Waals surface area contributed by atoms with Crippen LogP contribution in [0.25, 0.3) is 0 Å². The van der Waals surface area contributed by atoms with Crippen LogP contribution in [-0.4, -0.2) is 29.6 Å². The molecule has 0 radical (unpaired) electrons. The number of carbonyl (C=O) groups is 1. The molecule has 0 aromatic rings. The molecule has 2 unspecified atom stereocenters. The van der Waals surface area contributed by atoms with Crippen LogP contribution in [0, 0.1) is 5.92 Å². The number of rotatable bonds is 6. The van der Waals surface area contributed by atoms with Gasteiger partial charge in [0.1, 0.15) is 5.17 Å². The van der Waals surface area contributed by atoms with Gasteiger partial charge >= 0.3 is 5.97 Å². The summed E-state index contributed by atoms with van der Waals surface area (Å²) < 4.78 is 4.92. The van der Waals surface area contributed by atoms with E-state index in [1.165, 1.54) is 0 Å². The summed E-state index contributed by atoms with van der Waals surface area (Å²) in [6, 6.07) is 0. The first-order valence-electron chi connectivity index (χ1n) is 6.99. The highest BCUT2D eigenvalue weighted by Crippen LogP contribution is 2.28. The Bertz CT molecular complexity index is 471. The van der Waals surface area contributed by atoms with E-state index in [1.807, 2.05) is 6.08 Å². The zero-order valence-corrected chi connectivity index (χ0v) is 12.5. The van der Waals surface area contributed by atoms with Crippen molar-refractivity contribution in [2.75, 3.05) is 6.61 Å². The molecule has 2 aliphatic heterocycles. The maximum Gasteiger partial charge on any atom is 0.350 e. The minimum Gasteiger partial charge on any atom is -0.463 e. The van der Waals surface area contributed by atoms with Crippen molar-refractivity contribution in [1.82, 2.24) is 0 Å². The first-order chi connectivity index (χ1) is 9.65. The lowest BCUT2D eigenvalue weighted by atomic mass is 9.99. The van der Waals surface area contributed by atoms with Crippen LogP contribution in [-0.2, 0) is 14.4 Å². The number of allylic oxidation sites excluding steroid dienone is 2. The molecule has 2 heterocycles. The largest absolute Gasteiger partial charge is 0.463 e. The van der Waals surface area contributed by atoms with E-state index in [9.17, 15) is 4.79 Å². The summed E-state index contributed by atoms with van der Waals surface area (Å²) in [7, 11) is 0. The highest BCUT2D eigenvalue weighted by molar-refractivity contribution is 6.68. The second-order valence-corrected chi connectivity index (χ2v) is 5.19. The first-order valence-corrected chi connectivity index (χ1v) is 7.37. The average Bonchev–Trinajstić information content (AvgIpc) is 3.03. The lowest BCUT2D eigenvalue weighted by Gasteiger charge is -2.07. The second-order valence-electron chi connectivity index (χ2n) is 4.81. The van der Waals surface area contributed by atoms with Crippen molar-refractivity contribution in [3.8, 4) is 0 Å². The molecule has 0 aliphatic carbocycles. The molecule has 110 valence electrons. The van der Waals surface area contributed by atoms with Gasteiger partial charge in [0.25, 0.3) is 0 Å². The second kappa shape index (κ2) is 6.88. The third kappa shape index (κ3) is 3.39. The molecule has 0 aromatic carbocycles. The van der Waals surface area contributed by atoms with E-state index in [0.717, 1.165) is 30.7 Å². The van der Waals surface area contributed by atoms with Crippen LogP contribution < -0.4 is 0 Å². The van der Waals surface area contributed by atoms with Gasteiger partial charge in [0, 0.05) is 12.1 Å². The van der Waals surface area contributed by atoms with Gasteiger partial charge in [-0.15, -0.1) is 0 Å². The number of oxime groups is 1. The Labute approximate surface area is 123 Å². The van der Waals surface area contributed by atoms with Gasteiger partial charge in [0.05, 0.1) is 18.2 Å². The van der Waals surface area contributed by atoms with Gasteiger partial charge in [-0.25, -0.2) is 9.79 Å². The van der Waals surface area contributed by atoms with Crippen molar-refractivity contribution in [3.63, 3.8) is 0 Å². The van der Waals surface area contributed by atoms with Crippen LogP contribution in [0.2, 0.25) is 0 Å². The maximum absolute atomic E-state index is 11.6. The fraction of sp³-hybridized carbons (Fsp3) is 0.643. The molecule has 0 saturated heterocycles. The highest BCUT2D eigenvalue weighted by Gasteiger charge is 2.35. The zero-order chi connectivity index (χ0) is 14.5. The summed E-state index contributed by atoms with van der Waals surface area (Å²) in [5, 5.41) is 4.48. The molecule has 2 aliphatic rings. The number of halogens is 1. The molecular weight excluding hydrogens is 280 g/mol. The van der Waals surface area contributed by atoms with Gasteiger partial charge in [0.15, 0.2) is 0 Å². The van der Waals surface area contributed by atoms with Crippen molar-refractivity contribution < 1.29 is 14.4 Å². The van der Waals surface area contributed by atoms with Gasteiger partial charge in [0.2, 0.25) is 6.10 Å². The van der Waals surface area contributed by atoms with Gasteiger partial charge in [-0.05, 0) is 25.8 Å². The molecule has 0 amide bonds. The average molecular weight is 299 g/mol. The normalized spacial score (nSPS) is 24.9. The summed E-state index contributed by atoms with van der Waals surface area (Å²) in [5.41, 5.74) is 1.73. The van der Waals surface area contributed by atoms with E-state index in [2.05, 4.69) is 17.1 Å². The monoisotopic (exact) mass is 298 g/mol. The molecule has 2 atom stereocenters. The Balaban J connectivity index is 1.95. The third-order valence-electron chi connectivity index (χ3n) is 3.25. The van der Waals surface area contributed by atoms with Crippen molar-refractivity contribution in [2.45, 2.75) is 45.6 Å². The molecule has 0 N–H and O–H groups in total. The molecule has 2 rings (SSSR count). The topological polar surface area (TPSA) is 60.2 Å². The molecule has 0 aromatic heterocycles. The maximum atomic E-state index is 11.6.